The van der Waals surface area contributed by atoms with Gasteiger partial charge in [-0.05, 0) is 24.3 Å². The van der Waals surface area contributed by atoms with Crippen LogP contribution in [0.25, 0.3) is 28.2 Å². The van der Waals surface area contributed by atoms with Crippen LogP contribution in [0.5, 0.6) is 5.75 Å². The van der Waals surface area contributed by atoms with Gasteiger partial charge in [0, 0.05) is 49.1 Å². The Morgan fingerprint density at radius 3 is 2.67 bits per heavy atom. The summed E-state index contributed by atoms with van der Waals surface area (Å²) in [7, 11) is 1.60. The van der Waals surface area contributed by atoms with Gasteiger partial charge in [0.1, 0.15) is 23.9 Å². The summed E-state index contributed by atoms with van der Waals surface area (Å²) in [5.74, 6) is 0.0747. The molecule has 2 saturated heterocycles. The number of nitrogens with two attached hydrogens (primary N) is 1. The first-order valence-corrected chi connectivity index (χ1v) is 12.9. The first-order valence-electron chi connectivity index (χ1n) is 12.9. The average Bonchev–Trinajstić information content (AvgIpc) is 3.60. The first kappa shape index (κ1) is 26.4. The molecule has 13 heteroatoms. The molecule has 0 spiro atoms. The number of ether oxygens (including phenoxy) is 3. The minimum Gasteiger partial charge on any atom is -0.496 e. The molecule has 2 aliphatic heterocycles. The number of rotatable bonds is 8. The van der Waals surface area contributed by atoms with Crippen LogP contribution in [0.2, 0.25) is 0 Å². The number of hydrogen-bond donors (Lipinski definition) is 2. The van der Waals surface area contributed by atoms with Crippen LogP contribution < -0.4 is 15.8 Å². The lowest BCUT2D eigenvalue weighted by Gasteiger charge is -2.26. The van der Waals surface area contributed by atoms with Crippen molar-refractivity contribution in [3.63, 3.8) is 0 Å². The maximum absolute atomic E-state index is 13.4. The number of benzene rings is 1. The third kappa shape index (κ3) is 5.32. The van der Waals surface area contributed by atoms with Crippen molar-refractivity contribution in [1.29, 1.82) is 0 Å². The predicted molar refractivity (Wildman–Crippen MR) is 140 cm³/mol. The number of aromatic nitrogens is 4. The number of nitrogens with one attached hydrogen (secondary N) is 1. The van der Waals surface area contributed by atoms with E-state index in [1.165, 1.54) is 6.20 Å². The lowest BCUT2D eigenvalue weighted by Crippen LogP contribution is -2.40. The van der Waals surface area contributed by atoms with E-state index in [4.69, 9.17) is 19.9 Å². The van der Waals surface area contributed by atoms with Crippen molar-refractivity contribution in [3.8, 4) is 28.3 Å². The number of fused-ring (bicyclic) bond motifs is 1. The van der Waals surface area contributed by atoms with Gasteiger partial charge in [0.2, 0.25) is 0 Å². The Kier molecular flexibility index (Phi) is 7.04. The zero-order valence-electron chi connectivity index (χ0n) is 21.7. The van der Waals surface area contributed by atoms with Gasteiger partial charge in [-0.1, -0.05) is 12.1 Å². The van der Waals surface area contributed by atoms with Crippen LogP contribution >= 0.6 is 0 Å². The molecular formula is C27H28F3N7O3. The molecule has 210 valence electrons. The number of imidazole rings is 1. The molecule has 10 nitrogen and oxygen atoms in total. The summed E-state index contributed by atoms with van der Waals surface area (Å²) in [6.07, 6.45) is -1.91. The number of nitrogens with zero attached hydrogens (tertiary/aromatic N) is 5. The van der Waals surface area contributed by atoms with Gasteiger partial charge in [-0.25, -0.2) is 14.5 Å². The highest BCUT2D eigenvalue weighted by atomic mass is 19.4. The molecule has 3 aromatic heterocycles. The van der Waals surface area contributed by atoms with E-state index in [0.717, 1.165) is 56.6 Å². The Labute approximate surface area is 227 Å². The molecule has 6 rings (SSSR count). The van der Waals surface area contributed by atoms with Crippen LogP contribution in [0.15, 0.2) is 48.8 Å². The average molecular weight is 556 g/mol. The molecule has 3 N–H and O–H groups in total. The monoisotopic (exact) mass is 555 g/mol. The topological polar surface area (TPSA) is 115 Å². The number of methoxy groups -OCH3 is 1. The molecule has 2 unspecified atom stereocenters. The molecule has 0 bridgehead atoms. The van der Waals surface area contributed by atoms with Gasteiger partial charge in [-0.2, -0.15) is 18.3 Å². The Morgan fingerprint density at radius 2 is 1.90 bits per heavy atom. The maximum atomic E-state index is 13.4. The van der Waals surface area contributed by atoms with Gasteiger partial charge in [0.05, 0.1) is 43.5 Å². The molecule has 0 amide bonds. The quantitative estimate of drug-likeness (QED) is 0.316. The van der Waals surface area contributed by atoms with Gasteiger partial charge in [-0.15, -0.1) is 0 Å². The van der Waals surface area contributed by atoms with Crippen LogP contribution in [-0.4, -0.2) is 77.2 Å². The number of pyridine rings is 1. The van der Waals surface area contributed by atoms with Gasteiger partial charge < -0.3 is 19.9 Å². The molecule has 40 heavy (non-hydrogen) atoms. The molecule has 0 radical (unpaired) electrons. The Hall–Kier alpha value is -3.78. The number of anilines is 1. The summed E-state index contributed by atoms with van der Waals surface area (Å²) in [4.78, 5) is 10.5. The third-order valence-electron chi connectivity index (χ3n) is 7.09. The van der Waals surface area contributed by atoms with Crippen LogP contribution in [0.3, 0.4) is 0 Å². The van der Waals surface area contributed by atoms with Crippen LogP contribution in [0, 0.1) is 0 Å². The van der Waals surface area contributed by atoms with E-state index in [1.807, 2.05) is 18.2 Å². The largest absolute Gasteiger partial charge is 0.496 e. The van der Waals surface area contributed by atoms with E-state index >= 15 is 0 Å². The highest BCUT2D eigenvalue weighted by Crippen LogP contribution is 2.43. The van der Waals surface area contributed by atoms with Gasteiger partial charge in [0.15, 0.2) is 5.65 Å². The fourth-order valence-electron chi connectivity index (χ4n) is 4.87. The molecule has 0 aliphatic carbocycles. The normalized spacial score (nSPS) is 19.7. The van der Waals surface area contributed by atoms with Crippen molar-refractivity contribution in [2.24, 2.45) is 0 Å². The summed E-state index contributed by atoms with van der Waals surface area (Å²) in [5.41, 5.74) is 7.83. The number of nitrogen functional groups attached to an aromatic ring is 1. The predicted octanol–water partition coefficient (Wildman–Crippen LogP) is 3.39. The van der Waals surface area contributed by atoms with Crippen molar-refractivity contribution in [1.82, 2.24) is 29.8 Å². The minimum atomic E-state index is -4.63. The maximum Gasteiger partial charge on any atom is 0.419 e. The third-order valence-corrected chi connectivity index (χ3v) is 7.09. The van der Waals surface area contributed by atoms with Gasteiger partial charge in [-0.3, -0.25) is 10.2 Å². The van der Waals surface area contributed by atoms with Crippen molar-refractivity contribution in [2.45, 2.75) is 18.5 Å². The van der Waals surface area contributed by atoms with E-state index in [9.17, 15) is 13.2 Å². The Bertz CT molecular complexity index is 1520. The first-order chi connectivity index (χ1) is 19.3. The lowest BCUT2D eigenvalue weighted by molar-refractivity contribution is -0.137. The zero-order valence-corrected chi connectivity index (χ0v) is 21.7. The molecule has 1 aromatic carbocycles. The number of morpholine rings is 1. The molecule has 2 fully saturated rings. The SMILES string of the molecule is COc1cc(-c2cnc3ccc(-c4cnc(N)c(C(F)(F)F)c4)nn23)ccc1C1OC1NCCN1CCOCC1. The summed E-state index contributed by atoms with van der Waals surface area (Å²) >= 11 is 0. The Morgan fingerprint density at radius 1 is 1.07 bits per heavy atom. The van der Waals surface area contributed by atoms with Gasteiger partial charge in [0.25, 0.3) is 0 Å². The second-order valence-corrected chi connectivity index (χ2v) is 9.63. The fraction of sp³-hybridized carbons (Fsp3) is 0.370. The van der Waals surface area contributed by atoms with E-state index in [-0.39, 0.29) is 17.9 Å². The smallest absolute Gasteiger partial charge is 0.419 e. The molecular weight excluding hydrogens is 527 g/mol. The van der Waals surface area contributed by atoms with Crippen molar-refractivity contribution < 1.29 is 27.4 Å². The van der Waals surface area contributed by atoms with E-state index in [2.05, 4.69) is 25.3 Å². The van der Waals surface area contributed by atoms with Crippen LogP contribution in [0.4, 0.5) is 19.0 Å². The molecule has 2 atom stereocenters. The van der Waals surface area contributed by atoms with Crippen molar-refractivity contribution in [3.05, 3.63) is 59.9 Å². The molecule has 4 aromatic rings. The van der Waals surface area contributed by atoms with Crippen molar-refractivity contribution >= 4 is 11.5 Å². The minimum absolute atomic E-state index is 0.0871. The second-order valence-electron chi connectivity index (χ2n) is 9.63. The highest BCUT2D eigenvalue weighted by Gasteiger charge is 2.41. The fourth-order valence-corrected chi connectivity index (χ4v) is 4.87. The highest BCUT2D eigenvalue weighted by molar-refractivity contribution is 5.68. The van der Waals surface area contributed by atoms with E-state index in [1.54, 1.807) is 30.0 Å². The lowest BCUT2D eigenvalue weighted by atomic mass is 10.1. The van der Waals surface area contributed by atoms with Crippen LogP contribution in [0.1, 0.15) is 17.2 Å². The molecule has 5 heterocycles. The summed E-state index contributed by atoms with van der Waals surface area (Å²) < 4.78 is 58.7. The van der Waals surface area contributed by atoms with E-state index in [0.29, 0.717) is 22.8 Å². The van der Waals surface area contributed by atoms with Crippen LogP contribution in [-0.2, 0) is 15.7 Å². The molecule has 0 saturated carbocycles. The van der Waals surface area contributed by atoms with E-state index < -0.39 is 17.6 Å². The van der Waals surface area contributed by atoms with Gasteiger partial charge >= 0.3 is 6.18 Å². The number of halogens is 3. The molecule has 2 aliphatic rings. The summed E-state index contributed by atoms with van der Waals surface area (Å²) in [6.45, 7) is 5.17. The van der Waals surface area contributed by atoms with Crippen molar-refractivity contribution in [2.75, 3.05) is 52.2 Å². The summed E-state index contributed by atoms with van der Waals surface area (Å²) in [6, 6.07) is 9.99. The standard InChI is InChI=1S/C27H28F3N7O3/c1-38-22-13-16(2-3-18(22)24-26(40-24)32-6-7-36-8-10-39-11-9-36)21-15-33-23-5-4-20(35-37(21)23)17-12-19(27(28,29)30)25(31)34-14-17/h2-5,12-15,24,26,32H,6-11H2,1H3,(H2,31,34). The Balaban J connectivity index is 1.21. The number of alkyl halides is 3. The second kappa shape index (κ2) is 10.7. The zero-order chi connectivity index (χ0) is 27.9. The summed E-state index contributed by atoms with van der Waals surface area (Å²) in [5, 5.41) is 8.00. The number of epoxide rings is 1. The number of hydrogen-bond acceptors (Lipinski definition) is 9.